The quantitative estimate of drug-likeness (QED) is 0.233. The number of carbonyl (C=O) groups excluding carboxylic acids is 2. The Kier molecular flexibility index (Phi) is 9.27. The van der Waals surface area contributed by atoms with E-state index >= 15 is 0 Å². The lowest BCUT2D eigenvalue weighted by Crippen LogP contribution is -2.60. The zero-order valence-electron chi connectivity index (χ0n) is 23.7. The highest BCUT2D eigenvalue weighted by Crippen LogP contribution is 2.67. The molecule has 1 N–H and O–H groups in total. The van der Waals surface area contributed by atoms with Crippen LogP contribution in [-0.2, 0) is 14.3 Å². The minimum Gasteiger partial charge on any atom is -0.462 e. The summed E-state index contributed by atoms with van der Waals surface area (Å²) >= 11 is 0. The Morgan fingerprint density at radius 3 is 2.25 bits per heavy atom. The SMILES string of the molecule is CCCCCCCCCCC(=O)OC1C[C@@H](O)C[C@@H]2CC[C@@H]3[C@@H]4CC[C@H](C(C)=O)[C@@]4(C)CC[C@@H]3[C@@]12C. The number of fused-ring (bicyclic) bond motifs is 5. The van der Waals surface area contributed by atoms with Gasteiger partial charge >= 0.3 is 5.97 Å². The lowest BCUT2D eigenvalue weighted by atomic mass is 9.44. The van der Waals surface area contributed by atoms with Gasteiger partial charge < -0.3 is 9.84 Å². The molecule has 4 aliphatic rings. The monoisotopic (exact) mass is 502 g/mol. The van der Waals surface area contributed by atoms with Crippen LogP contribution in [0.1, 0.15) is 137 Å². The largest absolute Gasteiger partial charge is 0.462 e. The zero-order chi connectivity index (χ0) is 25.9. The van der Waals surface area contributed by atoms with E-state index in [1.54, 1.807) is 6.92 Å². The van der Waals surface area contributed by atoms with Crippen molar-refractivity contribution < 1.29 is 19.4 Å². The molecule has 0 aromatic rings. The minimum atomic E-state index is -0.358. The maximum Gasteiger partial charge on any atom is 0.306 e. The number of Topliss-reactive ketones (excluding diaryl/α,β-unsaturated/α-hetero) is 1. The Morgan fingerprint density at radius 1 is 0.861 bits per heavy atom. The average molecular weight is 503 g/mol. The third-order valence-corrected chi connectivity index (χ3v) is 11.7. The summed E-state index contributed by atoms with van der Waals surface area (Å²) in [6.45, 7) is 8.84. The molecule has 0 aliphatic heterocycles. The molecule has 0 amide bonds. The normalized spacial score (nSPS) is 41.8. The summed E-state index contributed by atoms with van der Waals surface area (Å²) in [4.78, 5) is 25.4. The molecule has 4 fully saturated rings. The maximum absolute atomic E-state index is 13.0. The van der Waals surface area contributed by atoms with Gasteiger partial charge in [-0.05, 0) is 87.4 Å². The van der Waals surface area contributed by atoms with Crippen LogP contribution in [0.2, 0.25) is 0 Å². The van der Waals surface area contributed by atoms with Crippen LogP contribution < -0.4 is 0 Å². The van der Waals surface area contributed by atoms with Gasteiger partial charge in [0, 0.05) is 24.2 Å². The number of aliphatic hydroxyl groups excluding tert-OH is 1. The van der Waals surface area contributed by atoms with Gasteiger partial charge in [-0.15, -0.1) is 0 Å². The number of rotatable bonds is 11. The number of ketones is 1. The van der Waals surface area contributed by atoms with E-state index in [2.05, 4.69) is 20.8 Å². The number of esters is 1. The van der Waals surface area contributed by atoms with Crippen LogP contribution >= 0.6 is 0 Å². The first kappa shape index (κ1) is 28.1. The predicted molar refractivity (Wildman–Crippen MR) is 144 cm³/mol. The van der Waals surface area contributed by atoms with Crippen LogP contribution in [0.3, 0.4) is 0 Å². The van der Waals surface area contributed by atoms with Gasteiger partial charge in [0.05, 0.1) is 6.10 Å². The molecule has 4 heteroatoms. The van der Waals surface area contributed by atoms with E-state index in [1.165, 1.54) is 51.4 Å². The fourth-order valence-corrected chi connectivity index (χ4v) is 9.73. The van der Waals surface area contributed by atoms with Crippen LogP contribution in [0.25, 0.3) is 0 Å². The number of carbonyl (C=O) groups is 2. The first-order chi connectivity index (χ1) is 17.2. The summed E-state index contributed by atoms with van der Waals surface area (Å²) in [5.74, 6) is 2.75. The van der Waals surface area contributed by atoms with Crippen molar-refractivity contribution in [3.8, 4) is 0 Å². The summed E-state index contributed by atoms with van der Waals surface area (Å²) < 4.78 is 6.29. The van der Waals surface area contributed by atoms with Crippen LogP contribution in [0.15, 0.2) is 0 Å². The molecule has 1 unspecified atom stereocenters. The number of ether oxygens (including phenoxy) is 1. The number of aliphatic hydroxyl groups is 1. The molecule has 9 atom stereocenters. The lowest BCUT2D eigenvalue weighted by molar-refractivity contribution is -0.202. The molecule has 4 nitrogen and oxygen atoms in total. The first-order valence-electron chi connectivity index (χ1n) is 15.6. The molecule has 0 aromatic carbocycles. The van der Waals surface area contributed by atoms with Gasteiger partial charge in [-0.25, -0.2) is 0 Å². The summed E-state index contributed by atoms with van der Waals surface area (Å²) in [5, 5.41) is 10.7. The maximum atomic E-state index is 13.0. The molecule has 0 spiro atoms. The first-order valence-corrected chi connectivity index (χ1v) is 15.6. The Bertz CT molecular complexity index is 763. The highest BCUT2D eigenvalue weighted by Gasteiger charge is 2.63. The second-order valence-corrected chi connectivity index (χ2v) is 13.6. The predicted octanol–water partition coefficient (Wildman–Crippen LogP) is 7.65. The van der Waals surface area contributed by atoms with E-state index in [-0.39, 0.29) is 34.9 Å². The van der Waals surface area contributed by atoms with Crippen molar-refractivity contribution in [2.24, 2.45) is 40.4 Å². The Balaban J connectivity index is 1.38. The topological polar surface area (TPSA) is 63.6 Å². The van der Waals surface area contributed by atoms with Gasteiger partial charge in [-0.3, -0.25) is 9.59 Å². The van der Waals surface area contributed by atoms with Crippen LogP contribution in [0.4, 0.5) is 0 Å². The second kappa shape index (κ2) is 11.9. The van der Waals surface area contributed by atoms with Gasteiger partial charge in [-0.2, -0.15) is 0 Å². The summed E-state index contributed by atoms with van der Waals surface area (Å²) in [7, 11) is 0. The molecule has 4 rings (SSSR count). The van der Waals surface area contributed by atoms with Crippen molar-refractivity contribution in [1.82, 2.24) is 0 Å². The summed E-state index contributed by atoms with van der Waals surface area (Å²) in [5.41, 5.74) is 0.0970. The molecule has 0 heterocycles. The van der Waals surface area contributed by atoms with Gasteiger partial charge in [0.1, 0.15) is 11.9 Å². The van der Waals surface area contributed by atoms with E-state index in [4.69, 9.17) is 4.74 Å². The van der Waals surface area contributed by atoms with E-state index in [0.29, 0.717) is 42.3 Å². The molecule has 0 aromatic heterocycles. The third-order valence-electron chi connectivity index (χ3n) is 11.7. The standard InChI is InChI=1S/C32H54O4/c1-5-6-7-8-9-10-11-12-13-30(35)36-29-21-24(34)20-23-14-15-25-27-17-16-26(22(2)33)31(27,3)19-18-28(25)32(23,29)4/h23-29,34H,5-21H2,1-4H3/t23-,24-,25+,26+,27-,28-,29?,31+,32-/m0/s1. The number of unbranched alkanes of at least 4 members (excludes halogenated alkanes) is 7. The molecule has 0 bridgehead atoms. The number of hydrogen-bond acceptors (Lipinski definition) is 4. The van der Waals surface area contributed by atoms with Crippen molar-refractivity contribution in [2.75, 3.05) is 0 Å². The van der Waals surface area contributed by atoms with Gasteiger partial charge in [-0.1, -0.05) is 65.7 Å². The zero-order valence-corrected chi connectivity index (χ0v) is 23.7. The summed E-state index contributed by atoms with van der Waals surface area (Å²) in [6.07, 6.45) is 18.0. The van der Waals surface area contributed by atoms with E-state index < -0.39 is 0 Å². The van der Waals surface area contributed by atoms with Crippen molar-refractivity contribution >= 4 is 11.8 Å². The van der Waals surface area contributed by atoms with Crippen molar-refractivity contribution in [3.05, 3.63) is 0 Å². The summed E-state index contributed by atoms with van der Waals surface area (Å²) in [6, 6.07) is 0. The highest BCUT2D eigenvalue weighted by molar-refractivity contribution is 5.79. The molecular weight excluding hydrogens is 448 g/mol. The third kappa shape index (κ3) is 5.45. The Morgan fingerprint density at radius 2 is 1.56 bits per heavy atom. The molecular formula is C32H54O4. The van der Waals surface area contributed by atoms with Crippen molar-refractivity contribution in [1.29, 1.82) is 0 Å². The van der Waals surface area contributed by atoms with Crippen molar-refractivity contribution in [2.45, 2.75) is 149 Å². The van der Waals surface area contributed by atoms with Gasteiger partial charge in [0.25, 0.3) is 0 Å². The fourth-order valence-electron chi connectivity index (χ4n) is 9.73. The van der Waals surface area contributed by atoms with E-state index in [0.717, 1.165) is 44.9 Å². The van der Waals surface area contributed by atoms with Crippen LogP contribution in [-0.4, -0.2) is 29.1 Å². The fraction of sp³-hybridized carbons (Fsp3) is 0.938. The van der Waals surface area contributed by atoms with Crippen molar-refractivity contribution in [3.63, 3.8) is 0 Å². The molecule has 36 heavy (non-hydrogen) atoms. The highest BCUT2D eigenvalue weighted by atomic mass is 16.5. The minimum absolute atomic E-state index is 0.0489. The average Bonchev–Trinajstić information content (AvgIpc) is 3.19. The van der Waals surface area contributed by atoms with E-state index in [9.17, 15) is 14.7 Å². The Hall–Kier alpha value is -0.900. The molecule has 206 valence electrons. The van der Waals surface area contributed by atoms with Crippen LogP contribution in [0.5, 0.6) is 0 Å². The van der Waals surface area contributed by atoms with Gasteiger partial charge in [0.15, 0.2) is 0 Å². The number of hydrogen-bond donors (Lipinski definition) is 1. The van der Waals surface area contributed by atoms with Crippen LogP contribution in [0, 0.1) is 40.4 Å². The molecule has 0 radical (unpaired) electrons. The van der Waals surface area contributed by atoms with E-state index in [1.807, 2.05) is 0 Å². The smallest absolute Gasteiger partial charge is 0.306 e. The second-order valence-electron chi connectivity index (χ2n) is 13.6. The van der Waals surface area contributed by atoms with Gasteiger partial charge in [0.2, 0.25) is 0 Å². The Labute approximate surface area is 220 Å². The molecule has 4 saturated carbocycles. The lowest BCUT2D eigenvalue weighted by Gasteiger charge is -2.62. The molecule has 4 aliphatic carbocycles. The molecule has 0 saturated heterocycles.